The van der Waals surface area contributed by atoms with Gasteiger partial charge in [-0.1, -0.05) is 85.5 Å². The summed E-state index contributed by atoms with van der Waals surface area (Å²) in [7, 11) is 0. The Kier molecular flexibility index (Phi) is 7.33. The molecule has 5 rings (SSSR count). The molecule has 0 unspecified atom stereocenters. The lowest BCUT2D eigenvalue weighted by atomic mass is 9.91. The predicted molar refractivity (Wildman–Crippen MR) is 140 cm³/mol. The van der Waals surface area contributed by atoms with E-state index in [1.54, 1.807) is 6.08 Å². The van der Waals surface area contributed by atoms with E-state index in [9.17, 15) is 26.3 Å². The molecule has 1 aliphatic heterocycles. The van der Waals surface area contributed by atoms with Crippen molar-refractivity contribution >= 4 is 6.08 Å². The second-order valence-electron chi connectivity index (χ2n) is 9.54. The third-order valence-corrected chi connectivity index (χ3v) is 6.98. The van der Waals surface area contributed by atoms with Crippen LogP contribution >= 0.6 is 0 Å². The van der Waals surface area contributed by atoms with Crippen LogP contribution in [0.25, 0.3) is 17.2 Å². The number of benzene rings is 4. The molecule has 0 radical (unpaired) electrons. The third-order valence-electron chi connectivity index (χ3n) is 6.98. The molecule has 40 heavy (non-hydrogen) atoms. The summed E-state index contributed by atoms with van der Waals surface area (Å²) in [6.07, 6.45) is -7.55. The van der Waals surface area contributed by atoms with Gasteiger partial charge in [0.05, 0.1) is 24.3 Å². The molecule has 4 aromatic carbocycles. The Morgan fingerprint density at radius 2 is 1.10 bits per heavy atom. The molecule has 206 valence electrons. The van der Waals surface area contributed by atoms with E-state index < -0.39 is 29.3 Å². The molecule has 1 fully saturated rings. The quantitative estimate of drug-likeness (QED) is 0.229. The first-order chi connectivity index (χ1) is 19.0. The molecule has 0 spiro atoms. The van der Waals surface area contributed by atoms with Crippen LogP contribution in [0.2, 0.25) is 0 Å². The van der Waals surface area contributed by atoms with Crippen LogP contribution in [0, 0.1) is 0 Å². The van der Waals surface area contributed by atoms with Crippen LogP contribution in [0.3, 0.4) is 0 Å². The molecular weight excluding hydrogens is 530 g/mol. The summed E-state index contributed by atoms with van der Waals surface area (Å²) in [5, 5.41) is 0. The molecule has 0 saturated carbocycles. The predicted octanol–water partition coefficient (Wildman–Crippen LogP) is 9.07. The molecule has 0 atom stereocenters. The number of alkyl halides is 6. The molecule has 2 nitrogen and oxygen atoms in total. The molecule has 1 heterocycles. The molecule has 0 bridgehead atoms. The summed E-state index contributed by atoms with van der Waals surface area (Å²) in [5.74, 6) is -2.24. The SMILES string of the molecule is C=Cc1ccc(-c2ccc(C3COC(c4cccc(C(F)(F)F)c4)(c4cccc(C(F)(F)F)c4)OC3)cc2)cc1. The number of rotatable bonds is 5. The fraction of sp³-hybridized carbons (Fsp3) is 0.188. The molecule has 0 aromatic heterocycles. The van der Waals surface area contributed by atoms with Crippen LogP contribution in [-0.2, 0) is 27.6 Å². The molecule has 0 aliphatic carbocycles. The maximum absolute atomic E-state index is 13.5. The van der Waals surface area contributed by atoms with E-state index in [1.165, 1.54) is 24.3 Å². The monoisotopic (exact) mass is 554 g/mol. The second-order valence-corrected chi connectivity index (χ2v) is 9.54. The average Bonchev–Trinajstić information content (AvgIpc) is 2.97. The summed E-state index contributed by atoms with van der Waals surface area (Å²) in [4.78, 5) is 0. The fourth-order valence-corrected chi connectivity index (χ4v) is 4.78. The van der Waals surface area contributed by atoms with Gasteiger partial charge in [0.1, 0.15) is 0 Å². The van der Waals surface area contributed by atoms with Crippen LogP contribution in [0.4, 0.5) is 26.3 Å². The third kappa shape index (κ3) is 5.55. The lowest BCUT2D eigenvalue weighted by molar-refractivity contribution is -0.256. The first-order valence-corrected chi connectivity index (χ1v) is 12.5. The van der Waals surface area contributed by atoms with Gasteiger partial charge in [0.25, 0.3) is 0 Å². The van der Waals surface area contributed by atoms with E-state index in [0.29, 0.717) is 0 Å². The minimum atomic E-state index is -4.66. The average molecular weight is 555 g/mol. The molecule has 0 N–H and O–H groups in total. The Morgan fingerprint density at radius 1 is 0.650 bits per heavy atom. The van der Waals surface area contributed by atoms with Crippen molar-refractivity contribution in [2.75, 3.05) is 13.2 Å². The topological polar surface area (TPSA) is 18.5 Å². The zero-order chi connectivity index (χ0) is 28.5. The minimum absolute atomic E-state index is 0.0138. The van der Waals surface area contributed by atoms with E-state index >= 15 is 0 Å². The molecular formula is C32H24F6O2. The van der Waals surface area contributed by atoms with Gasteiger partial charge in [0.15, 0.2) is 0 Å². The van der Waals surface area contributed by atoms with Crippen molar-refractivity contribution in [3.05, 3.63) is 137 Å². The lowest BCUT2D eigenvalue weighted by Gasteiger charge is -2.41. The van der Waals surface area contributed by atoms with E-state index in [0.717, 1.165) is 46.5 Å². The Bertz CT molecular complexity index is 1420. The van der Waals surface area contributed by atoms with Crippen LogP contribution < -0.4 is 0 Å². The zero-order valence-electron chi connectivity index (χ0n) is 21.1. The van der Waals surface area contributed by atoms with Gasteiger partial charge in [0, 0.05) is 17.0 Å². The van der Waals surface area contributed by atoms with Crippen molar-refractivity contribution in [2.45, 2.75) is 24.1 Å². The van der Waals surface area contributed by atoms with Crippen molar-refractivity contribution in [1.82, 2.24) is 0 Å². The largest absolute Gasteiger partial charge is 0.416 e. The van der Waals surface area contributed by atoms with Crippen LogP contribution in [0.15, 0.2) is 104 Å². The number of ether oxygens (including phenoxy) is 2. The Hall–Kier alpha value is -3.88. The standard InChI is InChI=1S/C32H24F6O2/c1-2-21-9-11-22(12-10-21)23-13-15-24(16-14-23)25-19-39-30(40-20-25,26-5-3-7-28(17-26)31(33,34)35)27-6-4-8-29(18-27)32(36,37)38/h2-18,25H,1,19-20H2. The minimum Gasteiger partial charge on any atom is -0.341 e. The van der Waals surface area contributed by atoms with Gasteiger partial charge in [-0.2, -0.15) is 26.3 Å². The fourth-order valence-electron chi connectivity index (χ4n) is 4.78. The Morgan fingerprint density at radius 3 is 1.52 bits per heavy atom. The highest BCUT2D eigenvalue weighted by Crippen LogP contribution is 2.44. The van der Waals surface area contributed by atoms with Crippen molar-refractivity contribution in [3.8, 4) is 11.1 Å². The van der Waals surface area contributed by atoms with E-state index in [1.807, 2.05) is 48.5 Å². The maximum Gasteiger partial charge on any atom is 0.416 e. The molecule has 4 aromatic rings. The first kappa shape index (κ1) is 27.7. The van der Waals surface area contributed by atoms with Gasteiger partial charge in [-0.05, 0) is 46.5 Å². The summed E-state index contributed by atoms with van der Waals surface area (Å²) in [6.45, 7) is 3.78. The molecule has 0 amide bonds. The van der Waals surface area contributed by atoms with E-state index in [2.05, 4.69) is 6.58 Å². The van der Waals surface area contributed by atoms with Crippen molar-refractivity contribution in [2.24, 2.45) is 0 Å². The smallest absolute Gasteiger partial charge is 0.341 e. The van der Waals surface area contributed by atoms with Gasteiger partial charge in [0.2, 0.25) is 5.79 Å². The van der Waals surface area contributed by atoms with Crippen LogP contribution in [-0.4, -0.2) is 13.2 Å². The number of halogens is 6. The first-order valence-electron chi connectivity index (χ1n) is 12.5. The molecule has 1 saturated heterocycles. The van der Waals surface area contributed by atoms with Crippen molar-refractivity contribution in [3.63, 3.8) is 0 Å². The summed E-state index contributed by atoms with van der Waals surface area (Å²) >= 11 is 0. The lowest BCUT2D eigenvalue weighted by Crippen LogP contribution is -2.42. The summed E-state index contributed by atoms with van der Waals surface area (Å²) in [6, 6.07) is 24.2. The highest BCUT2D eigenvalue weighted by atomic mass is 19.4. The van der Waals surface area contributed by atoms with Crippen LogP contribution in [0.5, 0.6) is 0 Å². The van der Waals surface area contributed by atoms with Gasteiger partial charge in [-0.15, -0.1) is 0 Å². The van der Waals surface area contributed by atoms with Crippen molar-refractivity contribution < 1.29 is 35.8 Å². The van der Waals surface area contributed by atoms with Gasteiger partial charge < -0.3 is 9.47 Å². The van der Waals surface area contributed by atoms with Gasteiger partial charge >= 0.3 is 12.4 Å². The normalized spacial score (nSPS) is 16.1. The van der Waals surface area contributed by atoms with Gasteiger partial charge in [-0.25, -0.2) is 0 Å². The highest BCUT2D eigenvalue weighted by molar-refractivity contribution is 5.65. The maximum atomic E-state index is 13.5. The van der Waals surface area contributed by atoms with E-state index in [4.69, 9.17) is 9.47 Å². The molecule has 1 aliphatic rings. The highest BCUT2D eigenvalue weighted by Gasteiger charge is 2.44. The van der Waals surface area contributed by atoms with E-state index in [-0.39, 0.29) is 30.3 Å². The Balaban J connectivity index is 1.46. The van der Waals surface area contributed by atoms with Gasteiger partial charge in [-0.3, -0.25) is 0 Å². The zero-order valence-corrected chi connectivity index (χ0v) is 21.1. The molecule has 8 heteroatoms. The summed E-state index contributed by atoms with van der Waals surface area (Å²) in [5.41, 5.74) is 1.87. The van der Waals surface area contributed by atoms with Crippen LogP contribution in [0.1, 0.15) is 39.3 Å². The van der Waals surface area contributed by atoms with Crippen molar-refractivity contribution in [1.29, 1.82) is 0 Å². The Labute approximate surface area is 227 Å². The summed E-state index contributed by atoms with van der Waals surface area (Å²) < 4.78 is 93.4. The number of hydrogen-bond acceptors (Lipinski definition) is 2. The number of hydrogen-bond donors (Lipinski definition) is 0. The second kappa shape index (κ2) is 10.6.